The number of nitrogens with zero attached hydrogens (tertiary/aromatic N) is 2. The van der Waals surface area contributed by atoms with Crippen molar-refractivity contribution in [2.75, 3.05) is 60.7 Å². The van der Waals surface area contributed by atoms with Crippen LogP contribution in [0.3, 0.4) is 0 Å². The smallest absolute Gasteiger partial charge is 0.329 e. The molecule has 0 spiro atoms. The van der Waals surface area contributed by atoms with Crippen molar-refractivity contribution in [1.29, 1.82) is 0 Å². The van der Waals surface area contributed by atoms with E-state index in [0.717, 1.165) is 31.1 Å². The molecule has 0 bridgehead atoms. The first-order valence-corrected chi connectivity index (χ1v) is 10.4. The lowest BCUT2D eigenvalue weighted by Crippen LogP contribution is -3.10. The Balaban J connectivity index is 0.00000385. The summed E-state index contributed by atoms with van der Waals surface area (Å²) in [5, 5.41) is 21.8. The van der Waals surface area contributed by atoms with Crippen molar-refractivity contribution in [3.63, 3.8) is 0 Å². The number of aliphatic hydroxyl groups excluding tert-OH is 1. The van der Waals surface area contributed by atoms with E-state index in [-0.39, 0.29) is 29.6 Å². The van der Waals surface area contributed by atoms with Gasteiger partial charge in [-0.2, -0.15) is 0 Å². The van der Waals surface area contributed by atoms with Crippen LogP contribution in [0.5, 0.6) is 23.0 Å². The minimum atomic E-state index is -0.693. The molecule has 182 valence electrons. The molecule has 33 heavy (non-hydrogen) atoms. The second-order valence-corrected chi connectivity index (χ2v) is 7.50. The van der Waals surface area contributed by atoms with E-state index < -0.39 is 6.10 Å². The topological polar surface area (TPSA) is 108 Å². The van der Waals surface area contributed by atoms with E-state index in [1.54, 1.807) is 24.3 Å². The SMILES string of the molecule is COc1cc(OCC(O)CN2CC[NH+](c3ccccc3[N+](=O)[O-])CC2)cc(OC)c1OC.[Cl-]. The lowest BCUT2D eigenvalue weighted by atomic mass is 10.2. The first-order valence-electron chi connectivity index (χ1n) is 10.4. The quantitative estimate of drug-likeness (QED) is 0.292. The van der Waals surface area contributed by atoms with Crippen LogP contribution in [0.25, 0.3) is 0 Å². The van der Waals surface area contributed by atoms with Gasteiger partial charge in [0.05, 0.1) is 39.3 Å². The van der Waals surface area contributed by atoms with Crippen molar-refractivity contribution >= 4 is 11.4 Å². The number of nitro groups is 1. The number of nitrogens with one attached hydrogen (secondary N) is 1. The maximum absolute atomic E-state index is 11.3. The number of β-amino-alcohol motifs (C(OH)–C–C–N with tert-alkyl or cyclic N) is 1. The number of benzene rings is 2. The summed E-state index contributed by atoms with van der Waals surface area (Å²) in [6, 6.07) is 10.2. The number of rotatable bonds is 10. The fourth-order valence-electron chi connectivity index (χ4n) is 3.89. The van der Waals surface area contributed by atoms with Gasteiger partial charge in [-0.05, 0) is 0 Å². The predicted molar refractivity (Wildman–Crippen MR) is 117 cm³/mol. The molecule has 2 N–H and O–H groups in total. The van der Waals surface area contributed by atoms with Gasteiger partial charge in [-0.1, -0.05) is 12.1 Å². The third-order valence-corrected chi connectivity index (χ3v) is 5.49. The van der Waals surface area contributed by atoms with Crippen LogP contribution >= 0.6 is 0 Å². The van der Waals surface area contributed by atoms with Crippen LogP contribution in [-0.2, 0) is 0 Å². The summed E-state index contributed by atoms with van der Waals surface area (Å²) in [6.07, 6.45) is -0.693. The molecule has 1 unspecified atom stereocenters. The van der Waals surface area contributed by atoms with Gasteiger partial charge in [0.1, 0.15) is 18.5 Å². The normalized spacial score (nSPS) is 15.3. The second kappa shape index (κ2) is 12.4. The molecule has 0 aromatic heterocycles. The van der Waals surface area contributed by atoms with Crippen molar-refractivity contribution in [1.82, 2.24) is 4.90 Å². The van der Waals surface area contributed by atoms with Crippen LogP contribution in [0.1, 0.15) is 0 Å². The minimum absolute atomic E-state index is 0. The van der Waals surface area contributed by atoms with E-state index in [1.807, 2.05) is 12.1 Å². The van der Waals surface area contributed by atoms with E-state index in [2.05, 4.69) is 4.90 Å². The highest BCUT2D eigenvalue weighted by molar-refractivity contribution is 5.56. The Hall–Kier alpha value is -2.79. The average Bonchev–Trinajstić information content (AvgIpc) is 2.82. The molecule has 11 heteroatoms. The number of nitro benzene ring substituents is 1. The largest absolute Gasteiger partial charge is 1.00 e. The van der Waals surface area contributed by atoms with Crippen molar-refractivity contribution in [2.24, 2.45) is 0 Å². The van der Waals surface area contributed by atoms with E-state index in [9.17, 15) is 15.2 Å². The molecule has 0 radical (unpaired) electrons. The molecular formula is C22H30ClN3O7. The summed E-state index contributed by atoms with van der Waals surface area (Å²) in [5.74, 6) is 1.93. The van der Waals surface area contributed by atoms with Gasteiger partial charge in [0, 0.05) is 43.9 Å². The van der Waals surface area contributed by atoms with Crippen LogP contribution in [0, 0.1) is 10.1 Å². The summed E-state index contributed by atoms with van der Waals surface area (Å²) < 4.78 is 21.7. The fourth-order valence-corrected chi connectivity index (χ4v) is 3.89. The Kier molecular flexibility index (Phi) is 9.98. The molecule has 0 aliphatic carbocycles. The summed E-state index contributed by atoms with van der Waals surface area (Å²) in [7, 11) is 4.59. The third-order valence-electron chi connectivity index (χ3n) is 5.49. The lowest BCUT2D eigenvalue weighted by Gasteiger charge is -2.32. The Morgan fingerprint density at radius 3 is 2.24 bits per heavy atom. The van der Waals surface area contributed by atoms with Crippen LogP contribution in [0.15, 0.2) is 36.4 Å². The summed E-state index contributed by atoms with van der Waals surface area (Å²) >= 11 is 0. The Labute approximate surface area is 199 Å². The molecule has 0 amide bonds. The van der Waals surface area contributed by atoms with Gasteiger partial charge in [0.15, 0.2) is 11.5 Å². The van der Waals surface area contributed by atoms with Gasteiger partial charge >= 0.3 is 5.69 Å². The number of hydrogen-bond donors (Lipinski definition) is 2. The monoisotopic (exact) mass is 483 g/mol. The second-order valence-electron chi connectivity index (χ2n) is 7.50. The molecule has 2 aromatic carbocycles. The number of halogens is 1. The van der Waals surface area contributed by atoms with Gasteiger partial charge in [-0.3, -0.25) is 19.9 Å². The molecule has 0 saturated carbocycles. The zero-order chi connectivity index (χ0) is 23.1. The molecule has 1 heterocycles. The molecule has 1 saturated heterocycles. The summed E-state index contributed by atoms with van der Waals surface area (Å²) in [6.45, 7) is 3.46. The van der Waals surface area contributed by atoms with Gasteiger partial charge in [0.25, 0.3) is 0 Å². The van der Waals surface area contributed by atoms with Gasteiger partial charge in [-0.25, -0.2) is 0 Å². The molecule has 3 rings (SSSR count). The Bertz CT molecular complexity index is 898. The van der Waals surface area contributed by atoms with E-state index in [1.165, 1.54) is 21.3 Å². The predicted octanol–water partition coefficient (Wildman–Crippen LogP) is -2.10. The molecule has 1 aliphatic heterocycles. The maximum atomic E-state index is 11.3. The Morgan fingerprint density at radius 2 is 1.70 bits per heavy atom. The summed E-state index contributed by atoms with van der Waals surface area (Å²) in [5.41, 5.74) is 0.859. The average molecular weight is 484 g/mol. The number of aliphatic hydroxyl groups is 1. The van der Waals surface area contributed by atoms with E-state index in [4.69, 9.17) is 18.9 Å². The molecule has 2 aromatic rings. The first-order chi connectivity index (χ1) is 15.5. The zero-order valence-corrected chi connectivity index (χ0v) is 19.7. The number of piperazine rings is 1. The van der Waals surface area contributed by atoms with E-state index >= 15 is 0 Å². The van der Waals surface area contributed by atoms with E-state index in [0.29, 0.717) is 35.2 Å². The van der Waals surface area contributed by atoms with Crippen LogP contribution in [0.4, 0.5) is 11.4 Å². The molecule has 10 nitrogen and oxygen atoms in total. The third kappa shape index (κ3) is 6.61. The van der Waals surface area contributed by atoms with Crippen molar-refractivity contribution in [3.8, 4) is 23.0 Å². The van der Waals surface area contributed by atoms with Crippen LogP contribution in [0.2, 0.25) is 0 Å². The standard InChI is InChI=1S/C22H29N3O7.ClH/c1-29-20-12-17(13-21(30-2)22(20)31-3)32-15-16(26)14-23-8-10-24(11-9-23)18-6-4-5-7-19(18)25(27)28;/h4-7,12-13,16,26H,8-11,14-15H2,1-3H3;1H. The van der Waals surface area contributed by atoms with Gasteiger partial charge in [-0.15, -0.1) is 0 Å². The molecule has 1 atom stereocenters. The van der Waals surface area contributed by atoms with Crippen molar-refractivity contribution < 1.29 is 46.3 Å². The lowest BCUT2D eigenvalue weighted by molar-refractivity contribution is -0.839. The van der Waals surface area contributed by atoms with Crippen molar-refractivity contribution in [3.05, 3.63) is 46.5 Å². The summed E-state index contributed by atoms with van der Waals surface area (Å²) in [4.78, 5) is 14.2. The minimum Gasteiger partial charge on any atom is -1.00 e. The number of ether oxygens (including phenoxy) is 4. The number of methoxy groups -OCH3 is 3. The highest BCUT2D eigenvalue weighted by atomic mass is 35.5. The maximum Gasteiger partial charge on any atom is 0.329 e. The number of para-hydroxylation sites is 2. The number of hydrogen-bond acceptors (Lipinski definition) is 8. The molecule has 1 aliphatic rings. The fraction of sp³-hybridized carbons (Fsp3) is 0.455. The van der Waals surface area contributed by atoms with Gasteiger partial charge in [0.2, 0.25) is 11.4 Å². The molecular weight excluding hydrogens is 454 g/mol. The van der Waals surface area contributed by atoms with Crippen LogP contribution in [-0.4, -0.2) is 81.7 Å². The van der Waals surface area contributed by atoms with Crippen molar-refractivity contribution in [2.45, 2.75) is 6.10 Å². The zero-order valence-electron chi connectivity index (χ0n) is 19.0. The Morgan fingerprint density at radius 1 is 1.09 bits per heavy atom. The number of quaternary nitrogens is 1. The highest BCUT2D eigenvalue weighted by Crippen LogP contribution is 2.40. The highest BCUT2D eigenvalue weighted by Gasteiger charge is 2.28. The van der Waals surface area contributed by atoms with Crippen LogP contribution < -0.4 is 36.3 Å². The first kappa shape index (κ1) is 26.5. The van der Waals surface area contributed by atoms with Gasteiger partial charge < -0.3 is 36.5 Å². The molecule has 1 fully saturated rings.